The van der Waals surface area contributed by atoms with E-state index in [9.17, 15) is 28.0 Å². The largest absolute Gasteiger partial charge is 0.512 e. The van der Waals surface area contributed by atoms with Gasteiger partial charge in [0.2, 0.25) is 12.2 Å². The van der Waals surface area contributed by atoms with Crippen LogP contribution in [-0.2, 0) is 50.2 Å². The quantitative estimate of drug-likeness (QED) is 0.109. The molecule has 56 heavy (non-hydrogen) atoms. The Morgan fingerprint density at radius 3 is 2.48 bits per heavy atom. The molecule has 3 unspecified atom stereocenters. The molecule has 19 heteroatoms. The number of carbonyl (C=O) groups excluding carboxylic acids is 3. The van der Waals surface area contributed by atoms with Gasteiger partial charge in [-0.05, 0) is 37.3 Å². The lowest BCUT2D eigenvalue weighted by Gasteiger charge is -2.40. The number of thioether (sulfide) groups is 1. The highest BCUT2D eigenvalue weighted by atomic mass is 32.2. The molecule has 1 aliphatic heterocycles. The van der Waals surface area contributed by atoms with Crippen molar-refractivity contribution < 1.29 is 61.1 Å². The van der Waals surface area contributed by atoms with Crippen molar-refractivity contribution in [3.63, 3.8) is 0 Å². The second-order valence-electron chi connectivity index (χ2n) is 12.3. The van der Waals surface area contributed by atoms with Crippen molar-refractivity contribution in [1.82, 2.24) is 19.7 Å². The predicted octanol–water partition coefficient (Wildman–Crippen LogP) is 4.96. The SMILES string of the molecule is CC(OC(=O)CCC(=O)N(C)CC(=O)O)OC(=O)OC(Cn1cncn1)(c1ccc(F)cc1F)C(C)SC1COC(/C=C/C=C/c2ccc(C#N)cc2F)OC1. The maximum atomic E-state index is 15.7. The first-order valence-corrected chi connectivity index (χ1v) is 17.9. The fourth-order valence-corrected chi connectivity index (χ4v) is 6.75. The molecule has 0 spiro atoms. The highest BCUT2D eigenvalue weighted by Gasteiger charge is 2.47. The Morgan fingerprint density at radius 1 is 1.09 bits per heavy atom. The minimum Gasteiger partial charge on any atom is -0.480 e. The molecule has 1 amide bonds. The zero-order valence-electron chi connectivity index (χ0n) is 30.4. The summed E-state index contributed by atoms with van der Waals surface area (Å²) in [5.74, 6) is -5.28. The summed E-state index contributed by atoms with van der Waals surface area (Å²) >= 11 is 1.21. The first-order valence-electron chi connectivity index (χ1n) is 16.9. The Bertz CT molecular complexity index is 1950. The van der Waals surface area contributed by atoms with Crippen LogP contribution in [0.2, 0.25) is 0 Å². The molecule has 0 radical (unpaired) electrons. The van der Waals surface area contributed by atoms with Gasteiger partial charge in [-0.3, -0.25) is 14.4 Å². The molecule has 0 aliphatic carbocycles. The van der Waals surface area contributed by atoms with Crippen molar-refractivity contribution in [2.24, 2.45) is 0 Å². The van der Waals surface area contributed by atoms with Crippen molar-refractivity contribution in [2.75, 3.05) is 26.8 Å². The van der Waals surface area contributed by atoms with Crippen LogP contribution >= 0.6 is 11.8 Å². The molecule has 3 aromatic rings. The van der Waals surface area contributed by atoms with E-state index in [1.54, 1.807) is 25.2 Å². The number of ether oxygens (including phenoxy) is 5. The lowest BCUT2D eigenvalue weighted by molar-refractivity contribution is -0.172. The summed E-state index contributed by atoms with van der Waals surface area (Å²) in [5, 5.41) is 20.6. The van der Waals surface area contributed by atoms with Gasteiger partial charge >= 0.3 is 18.1 Å². The predicted molar refractivity (Wildman–Crippen MR) is 192 cm³/mol. The van der Waals surface area contributed by atoms with Crippen LogP contribution in [0.4, 0.5) is 18.0 Å². The smallest absolute Gasteiger partial charge is 0.480 e. The number of allylic oxidation sites excluding steroid dienone is 2. The van der Waals surface area contributed by atoms with Crippen LogP contribution in [0.3, 0.4) is 0 Å². The summed E-state index contributed by atoms with van der Waals surface area (Å²) in [6, 6.07) is 8.73. The van der Waals surface area contributed by atoms with Gasteiger partial charge in [0.05, 0.1) is 43.1 Å². The Kier molecular flexibility index (Phi) is 15.6. The summed E-state index contributed by atoms with van der Waals surface area (Å²) in [6.45, 7) is 2.22. The number of carboxylic acid groups (broad SMARTS) is 1. The molecule has 1 N–H and O–H groups in total. The lowest BCUT2D eigenvalue weighted by atomic mass is 9.89. The number of carboxylic acids is 1. The number of amides is 1. The molecule has 0 bridgehead atoms. The van der Waals surface area contributed by atoms with Crippen LogP contribution in [0, 0.1) is 28.8 Å². The van der Waals surface area contributed by atoms with Crippen LogP contribution in [-0.4, -0.2) is 98.7 Å². The maximum absolute atomic E-state index is 15.7. The van der Waals surface area contributed by atoms with Crippen LogP contribution in [0.25, 0.3) is 6.08 Å². The van der Waals surface area contributed by atoms with Crippen LogP contribution in [0.5, 0.6) is 0 Å². The number of nitrogens with zero attached hydrogens (tertiary/aromatic N) is 5. The Balaban J connectivity index is 1.45. The fourth-order valence-electron chi connectivity index (χ4n) is 5.39. The molecule has 3 atom stereocenters. The zero-order valence-corrected chi connectivity index (χ0v) is 31.2. The monoisotopic (exact) mass is 801 g/mol. The highest BCUT2D eigenvalue weighted by Crippen LogP contribution is 2.42. The van der Waals surface area contributed by atoms with Gasteiger partial charge in [0.15, 0.2) is 11.9 Å². The number of hydrogen-bond donors (Lipinski definition) is 1. The number of aliphatic carboxylic acids is 1. The van der Waals surface area contributed by atoms with E-state index in [4.69, 9.17) is 34.1 Å². The van der Waals surface area contributed by atoms with Gasteiger partial charge in [0.1, 0.15) is 36.7 Å². The van der Waals surface area contributed by atoms with Gasteiger partial charge in [0.25, 0.3) is 0 Å². The molecule has 2 aromatic carbocycles. The van der Waals surface area contributed by atoms with E-state index in [-0.39, 0.29) is 42.9 Å². The third-order valence-electron chi connectivity index (χ3n) is 8.15. The van der Waals surface area contributed by atoms with Crippen LogP contribution in [0.1, 0.15) is 43.4 Å². The van der Waals surface area contributed by atoms with E-state index >= 15 is 4.39 Å². The molecule has 1 aromatic heterocycles. The minimum atomic E-state index is -1.96. The Hall–Kier alpha value is -5.71. The van der Waals surface area contributed by atoms with Crippen molar-refractivity contribution in [1.29, 1.82) is 5.26 Å². The first kappa shape index (κ1) is 43.0. The molecular formula is C37H38F3N5O10S. The number of halogens is 3. The van der Waals surface area contributed by atoms with Gasteiger partial charge in [-0.2, -0.15) is 10.4 Å². The van der Waals surface area contributed by atoms with Gasteiger partial charge in [-0.25, -0.2) is 27.6 Å². The average Bonchev–Trinajstić information content (AvgIpc) is 3.65. The molecular weight excluding hydrogens is 763 g/mol. The molecule has 15 nitrogen and oxygen atoms in total. The molecule has 0 saturated carbocycles. The number of esters is 1. The van der Waals surface area contributed by atoms with E-state index in [0.29, 0.717) is 6.07 Å². The van der Waals surface area contributed by atoms with Gasteiger partial charge < -0.3 is 33.7 Å². The second-order valence-corrected chi connectivity index (χ2v) is 14.0. The normalized spacial score (nSPS) is 17.7. The third-order valence-corrected chi connectivity index (χ3v) is 9.59. The highest BCUT2D eigenvalue weighted by molar-refractivity contribution is 8.00. The van der Waals surface area contributed by atoms with Gasteiger partial charge in [-0.15, -0.1) is 11.8 Å². The van der Waals surface area contributed by atoms with Crippen molar-refractivity contribution in [3.05, 3.63) is 101 Å². The summed E-state index contributed by atoms with van der Waals surface area (Å²) in [7, 11) is 1.26. The van der Waals surface area contributed by atoms with Crippen molar-refractivity contribution >= 4 is 41.8 Å². The second kappa shape index (κ2) is 20.3. The van der Waals surface area contributed by atoms with E-state index in [2.05, 4.69) is 10.1 Å². The molecule has 4 rings (SSSR count). The average molecular weight is 802 g/mol. The zero-order chi connectivity index (χ0) is 40.8. The number of carbonyl (C=O) groups is 4. The van der Waals surface area contributed by atoms with E-state index < -0.39 is 83.1 Å². The standard InChI is InChI=1S/C37H38F3N5O10S/c1-23(56-28-18-51-35(52-19-28)7-5-4-6-26-9-8-25(16-41)14-30(26)39)37(20-45-22-42-21-43-45,29-11-10-27(38)15-31(29)40)55-36(50)54-24(2)53-34(49)13-12-32(46)44(3)17-33(47)48/h4-11,14-15,21-24,28,35H,12-13,17-20H2,1-3H3,(H,47,48)/b6-4+,7-5+. The van der Waals surface area contributed by atoms with Gasteiger partial charge in [-0.1, -0.05) is 24.3 Å². The van der Waals surface area contributed by atoms with Crippen LogP contribution < -0.4 is 0 Å². The number of aromatic nitrogens is 3. The number of nitriles is 1. The van der Waals surface area contributed by atoms with Crippen molar-refractivity contribution in [2.45, 2.75) is 61.9 Å². The molecule has 2 heterocycles. The summed E-state index contributed by atoms with van der Waals surface area (Å²) in [4.78, 5) is 53.6. The van der Waals surface area contributed by atoms with Crippen molar-refractivity contribution in [3.8, 4) is 6.07 Å². The molecule has 1 aliphatic rings. The molecule has 298 valence electrons. The number of rotatable bonds is 17. The number of benzene rings is 2. The Labute approximate surface area is 323 Å². The van der Waals surface area contributed by atoms with Crippen LogP contribution in [0.15, 0.2) is 67.3 Å². The number of hydrogen-bond acceptors (Lipinski definition) is 13. The summed E-state index contributed by atoms with van der Waals surface area (Å²) in [6.07, 6.45) is 4.30. The summed E-state index contributed by atoms with van der Waals surface area (Å²) in [5.41, 5.74) is -1.71. The van der Waals surface area contributed by atoms with E-state index in [1.807, 2.05) is 6.07 Å². The van der Waals surface area contributed by atoms with E-state index in [0.717, 1.165) is 23.1 Å². The fraction of sp³-hybridized carbons (Fsp3) is 0.378. The Morgan fingerprint density at radius 2 is 1.84 bits per heavy atom. The molecule has 1 fully saturated rings. The maximum Gasteiger partial charge on any atom is 0.512 e. The topological polar surface area (TPSA) is 192 Å². The third kappa shape index (κ3) is 12.4. The minimum absolute atomic E-state index is 0.134. The summed E-state index contributed by atoms with van der Waals surface area (Å²) < 4.78 is 73.2. The first-order chi connectivity index (χ1) is 26.7. The van der Waals surface area contributed by atoms with E-state index in [1.165, 1.54) is 61.3 Å². The molecule has 1 saturated heterocycles. The number of likely N-dealkylation sites (N-methyl/N-ethyl adjacent to an activating group) is 1. The lowest BCUT2D eigenvalue weighted by Crippen LogP contribution is -2.47. The van der Waals surface area contributed by atoms with Gasteiger partial charge in [0, 0.05) is 42.8 Å².